The van der Waals surface area contributed by atoms with E-state index in [1.54, 1.807) is 17.0 Å². The first-order valence-electron chi connectivity index (χ1n) is 14.6. The fourth-order valence-corrected chi connectivity index (χ4v) is 6.04. The van der Waals surface area contributed by atoms with Gasteiger partial charge in [0.25, 0.3) is 11.8 Å². The van der Waals surface area contributed by atoms with Gasteiger partial charge in [-0.1, -0.05) is 52.0 Å². The number of aliphatic imine (C=N–C) groups is 1. The van der Waals surface area contributed by atoms with Crippen molar-refractivity contribution in [1.29, 1.82) is 0 Å². The van der Waals surface area contributed by atoms with Gasteiger partial charge in [0.2, 0.25) is 0 Å². The zero-order valence-corrected chi connectivity index (χ0v) is 25.0. The van der Waals surface area contributed by atoms with Crippen molar-refractivity contribution in [2.45, 2.75) is 84.5 Å². The topological polar surface area (TPSA) is 78.8 Å². The highest BCUT2D eigenvalue weighted by atomic mass is 19.4. The average molecular weight is 584 g/mol. The summed E-state index contributed by atoms with van der Waals surface area (Å²) in [7, 11) is 0. The van der Waals surface area contributed by atoms with Gasteiger partial charge < -0.3 is 10.2 Å². The van der Waals surface area contributed by atoms with Crippen LogP contribution in [0.4, 0.5) is 13.2 Å². The third-order valence-corrected chi connectivity index (χ3v) is 8.71. The Balaban J connectivity index is 1.58. The van der Waals surface area contributed by atoms with Gasteiger partial charge in [-0.25, -0.2) is 0 Å². The molecule has 1 aliphatic carbocycles. The van der Waals surface area contributed by atoms with Gasteiger partial charge in [0.05, 0.1) is 5.56 Å². The third kappa shape index (κ3) is 6.93. The van der Waals surface area contributed by atoms with E-state index >= 15 is 0 Å². The molecule has 1 saturated carbocycles. The molecule has 4 rings (SSSR count). The van der Waals surface area contributed by atoms with E-state index in [1.807, 2.05) is 19.1 Å². The predicted octanol–water partition coefficient (Wildman–Crippen LogP) is 6.78. The van der Waals surface area contributed by atoms with Crippen LogP contribution in [0.2, 0.25) is 0 Å². The van der Waals surface area contributed by atoms with Gasteiger partial charge in [-0.2, -0.15) is 13.2 Å². The number of ketones is 1. The molecule has 9 heteroatoms. The Morgan fingerprint density at radius 2 is 1.71 bits per heavy atom. The molecule has 1 atom stereocenters. The zero-order valence-electron chi connectivity index (χ0n) is 25.0. The van der Waals surface area contributed by atoms with Crippen molar-refractivity contribution in [2.75, 3.05) is 13.1 Å². The van der Waals surface area contributed by atoms with Crippen molar-refractivity contribution in [3.8, 4) is 0 Å². The summed E-state index contributed by atoms with van der Waals surface area (Å²) < 4.78 is 40.5. The van der Waals surface area contributed by atoms with Gasteiger partial charge in [-0.15, -0.1) is 0 Å². The molecule has 1 aliphatic heterocycles. The first-order valence-corrected chi connectivity index (χ1v) is 14.6. The number of carbonyl (C=O) groups is 3. The lowest BCUT2D eigenvalue weighted by Gasteiger charge is -2.45. The molecule has 0 radical (unpaired) electrons. The van der Waals surface area contributed by atoms with Gasteiger partial charge in [-0.3, -0.25) is 19.4 Å². The van der Waals surface area contributed by atoms with Crippen LogP contribution in [-0.4, -0.2) is 47.0 Å². The van der Waals surface area contributed by atoms with E-state index in [-0.39, 0.29) is 53.2 Å². The maximum Gasteiger partial charge on any atom is 0.416 e. The summed E-state index contributed by atoms with van der Waals surface area (Å²) in [4.78, 5) is 44.2. The van der Waals surface area contributed by atoms with Gasteiger partial charge in [0.1, 0.15) is 17.2 Å². The fraction of sp³-hybridized carbons (Fsp3) is 0.515. The molecular formula is C33H40F3N3O3. The minimum Gasteiger partial charge on any atom is -0.352 e. The second kappa shape index (κ2) is 12.0. The van der Waals surface area contributed by atoms with Gasteiger partial charge in [0.15, 0.2) is 0 Å². The first kappa shape index (κ1) is 31.4. The molecule has 1 N–H and O–H groups in total. The summed E-state index contributed by atoms with van der Waals surface area (Å²) in [6.45, 7) is 10.7. The molecule has 0 aromatic heterocycles. The molecule has 2 amide bonds. The lowest BCUT2D eigenvalue weighted by Crippen LogP contribution is -2.51. The highest BCUT2D eigenvalue weighted by molar-refractivity contribution is 6.46. The van der Waals surface area contributed by atoms with Crippen LogP contribution >= 0.6 is 0 Å². The number of hydrogen-bond donors (Lipinski definition) is 1. The summed E-state index contributed by atoms with van der Waals surface area (Å²) in [5.74, 6) is -0.270. The summed E-state index contributed by atoms with van der Waals surface area (Å²) in [6, 6.07) is 12.0. The number of hydrogen-bond acceptors (Lipinski definition) is 4. The highest BCUT2D eigenvalue weighted by Crippen LogP contribution is 2.47. The summed E-state index contributed by atoms with van der Waals surface area (Å²) in [5, 5.41) is 2.73. The Labute approximate surface area is 245 Å². The second-order valence-electron chi connectivity index (χ2n) is 12.8. The zero-order chi connectivity index (χ0) is 30.9. The molecule has 2 aromatic rings. The van der Waals surface area contributed by atoms with Crippen molar-refractivity contribution >= 4 is 23.3 Å². The molecule has 2 aromatic carbocycles. The predicted molar refractivity (Wildman–Crippen MR) is 156 cm³/mol. The van der Waals surface area contributed by atoms with Crippen LogP contribution in [0.3, 0.4) is 0 Å². The van der Waals surface area contributed by atoms with Crippen LogP contribution in [0.1, 0.15) is 99.7 Å². The lowest BCUT2D eigenvalue weighted by atomic mass is 9.69. The van der Waals surface area contributed by atoms with E-state index in [0.29, 0.717) is 30.9 Å². The molecule has 0 saturated heterocycles. The fourth-order valence-electron chi connectivity index (χ4n) is 6.04. The van der Waals surface area contributed by atoms with E-state index < -0.39 is 17.4 Å². The van der Waals surface area contributed by atoms with Gasteiger partial charge in [0, 0.05) is 30.6 Å². The SMILES string of the molecule is CC(=O)CCNC(=O)c1ccc(C(C)CN2C(=O)C(c3cccc(C(F)(F)F)c3)=NC23CCC(C(C)(C)C)CC3)cc1. The van der Waals surface area contributed by atoms with E-state index in [9.17, 15) is 27.6 Å². The van der Waals surface area contributed by atoms with Gasteiger partial charge in [-0.05, 0) is 79.7 Å². The number of benzene rings is 2. The number of rotatable bonds is 8. The average Bonchev–Trinajstić information content (AvgIpc) is 3.18. The van der Waals surface area contributed by atoms with Crippen LogP contribution in [0.5, 0.6) is 0 Å². The van der Waals surface area contributed by atoms with Crippen molar-refractivity contribution in [3.63, 3.8) is 0 Å². The van der Waals surface area contributed by atoms with E-state index in [0.717, 1.165) is 30.5 Å². The molecule has 1 heterocycles. The molecule has 0 bridgehead atoms. The van der Waals surface area contributed by atoms with E-state index in [1.165, 1.54) is 19.1 Å². The maximum absolute atomic E-state index is 13.9. The molecule has 2 aliphatic rings. The summed E-state index contributed by atoms with van der Waals surface area (Å²) >= 11 is 0. The van der Waals surface area contributed by atoms with Crippen molar-refractivity contribution < 1.29 is 27.6 Å². The Morgan fingerprint density at radius 3 is 2.29 bits per heavy atom. The van der Waals surface area contributed by atoms with Crippen LogP contribution in [0, 0.1) is 11.3 Å². The summed E-state index contributed by atoms with van der Waals surface area (Å²) in [5.41, 5.74) is 0.164. The standard InChI is InChI=1S/C33H40F3N3O3/c1-21(23-9-11-24(12-10-23)29(41)37-18-15-22(2)40)20-39-30(42)28(25-7-6-8-27(19-25)33(34,35)36)38-32(39)16-13-26(14-17-32)31(3,4)5/h6-12,19,21,26H,13-18,20H2,1-5H3,(H,37,41). The summed E-state index contributed by atoms with van der Waals surface area (Å²) in [6.07, 6.45) is -1.22. The number of amides is 2. The number of alkyl halides is 3. The van der Waals surface area contributed by atoms with Crippen molar-refractivity contribution in [2.24, 2.45) is 16.3 Å². The highest BCUT2D eigenvalue weighted by Gasteiger charge is 2.50. The van der Waals surface area contributed by atoms with Crippen LogP contribution < -0.4 is 5.32 Å². The number of carbonyl (C=O) groups excluding carboxylic acids is 3. The molecule has 1 spiro atoms. The Bertz CT molecular complexity index is 1350. The Kier molecular flexibility index (Phi) is 9.00. The maximum atomic E-state index is 13.9. The monoisotopic (exact) mass is 583 g/mol. The number of nitrogens with one attached hydrogen (secondary N) is 1. The van der Waals surface area contributed by atoms with E-state index in [2.05, 4.69) is 26.1 Å². The van der Waals surface area contributed by atoms with Crippen molar-refractivity contribution in [3.05, 3.63) is 70.8 Å². The largest absolute Gasteiger partial charge is 0.416 e. The minimum absolute atomic E-state index is 0.000732. The smallest absolute Gasteiger partial charge is 0.352 e. The first-order chi connectivity index (χ1) is 19.6. The van der Waals surface area contributed by atoms with E-state index in [4.69, 9.17) is 4.99 Å². The molecule has 1 unspecified atom stereocenters. The molecule has 6 nitrogen and oxygen atoms in total. The van der Waals surface area contributed by atoms with Crippen LogP contribution in [-0.2, 0) is 15.8 Å². The number of nitrogens with zero attached hydrogens (tertiary/aromatic N) is 2. The third-order valence-electron chi connectivity index (χ3n) is 8.71. The Hall–Kier alpha value is -3.49. The lowest BCUT2D eigenvalue weighted by molar-refractivity contribution is -0.137. The van der Waals surface area contributed by atoms with Gasteiger partial charge >= 0.3 is 6.18 Å². The second-order valence-corrected chi connectivity index (χ2v) is 12.8. The quantitative estimate of drug-likeness (QED) is 0.372. The molecule has 42 heavy (non-hydrogen) atoms. The van der Waals surface area contributed by atoms with Crippen molar-refractivity contribution in [1.82, 2.24) is 10.2 Å². The number of halogens is 3. The molecular weight excluding hydrogens is 543 g/mol. The Morgan fingerprint density at radius 1 is 1.07 bits per heavy atom. The van der Waals surface area contributed by atoms with Crippen LogP contribution in [0.15, 0.2) is 53.5 Å². The number of Topliss-reactive ketones (excluding diaryl/α,β-unsaturated/α-hetero) is 1. The molecule has 1 fully saturated rings. The molecule has 226 valence electrons. The minimum atomic E-state index is -4.52. The normalized spacial score (nSPS) is 21.8. The van der Waals surface area contributed by atoms with Crippen LogP contribution in [0.25, 0.3) is 0 Å².